The zero-order chi connectivity index (χ0) is 11.3. The van der Waals surface area contributed by atoms with E-state index in [0.717, 1.165) is 25.7 Å². The summed E-state index contributed by atoms with van der Waals surface area (Å²) in [4.78, 5) is 11.2. The molecular formula is C9H16O5S. The maximum absolute atomic E-state index is 11.2. The molecule has 0 unspecified atom stereocenters. The van der Waals surface area contributed by atoms with Crippen molar-refractivity contribution >= 4 is 16.1 Å². The Bertz CT molecular complexity index is 302. The summed E-state index contributed by atoms with van der Waals surface area (Å²) in [6.45, 7) is -0.260. The first-order valence-electron chi connectivity index (χ1n) is 5.08. The maximum atomic E-state index is 11.2. The van der Waals surface area contributed by atoms with Crippen LogP contribution in [-0.2, 0) is 19.6 Å². The van der Waals surface area contributed by atoms with Gasteiger partial charge in [0.15, 0.2) is 0 Å². The van der Waals surface area contributed by atoms with Gasteiger partial charge in [-0.3, -0.25) is 9.35 Å². The van der Waals surface area contributed by atoms with Gasteiger partial charge in [-0.05, 0) is 18.8 Å². The maximum Gasteiger partial charge on any atom is 0.306 e. The number of carbonyl (C=O) groups excluding carboxylic acids is 1. The molecule has 0 aromatic heterocycles. The second-order valence-corrected chi connectivity index (χ2v) is 5.43. The van der Waals surface area contributed by atoms with Crippen molar-refractivity contribution in [2.24, 2.45) is 5.92 Å². The summed E-state index contributed by atoms with van der Waals surface area (Å²) in [5, 5.41) is 0. The third-order valence-corrected chi connectivity index (χ3v) is 3.22. The molecule has 0 bridgehead atoms. The highest BCUT2D eigenvalue weighted by Crippen LogP contribution is 2.27. The molecule has 1 aliphatic carbocycles. The third-order valence-electron chi connectivity index (χ3n) is 2.53. The van der Waals surface area contributed by atoms with E-state index in [1.165, 1.54) is 0 Å². The normalized spacial score (nSPS) is 17.9. The first-order chi connectivity index (χ1) is 6.97. The topological polar surface area (TPSA) is 80.7 Å². The van der Waals surface area contributed by atoms with Crippen molar-refractivity contribution in [1.29, 1.82) is 0 Å². The fraction of sp³-hybridized carbons (Fsp3) is 0.889. The lowest BCUT2D eigenvalue weighted by Gasteiger charge is -2.08. The Hall–Kier alpha value is -0.620. The van der Waals surface area contributed by atoms with Crippen LogP contribution in [-0.4, -0.2) is 31.3 Å². The summed E-state index contributed by atoms with van der Waals surface area (Å²) in [5.74, 6) is -0.502. The number of hydrogen-bond acceptors (Lipinski definition) is 4. The van der Waals surface area contributed by atoms with Gasteiger partial charge in [-0.15, -0.1) is 0 Å². The molecule has 0 heterocycles. The van der Waals surface area contributed by atoms with Gasteiger partial charge in [0.05, 0.1) is 0 Å². The van der Waals surface area contributed by atoms with E-state index >= 15 is 0 Å². The van der Waals surface area contributed by atoms with Crippen molar-refractivity contribution < 1.29 is 22.5 Å². The molecule has 1 fully saturated rings. The van der Waals surface area contributed by atoms with Crippen LogP contribution < -0.4 is 0 Å². The Labute approximate surface area is 89.6 Å². The molecule has 88 valence electrons. The Morgan fingerprint density at radius 1 is 1.33 bits per heavy atom. The molecule has 0 aromatic rings. The van der Waals surface area contributed by atoms with Gasteiger partial charge in [0.1, 0.15) is 12.4 Å². The average molecular weight is 236 g/mol. The predicted molar refractivity (Wildman–Crippen MR) is 53.9 cm³/mol. The Kier molecular flexibility index (Phi) is 4.53. The van der Waals surface area contributed by atoms with Gasteiger partial charge in [-0.25, -0.2) is 0 Å². The minimum atomic E-state index is -4.02. The molecule has 1 saturated carbocycles. The number of esters is 1. The van der Waals surface area contributed by atoms with Gasteiger partial charge < -0.3 is 4.74 Å². The number of rotatable bonds is 5. The van der Waals surface area contributed by atoms with Crippen molar-refractivity contribution in [3.8, 4) is 0 Å². The van der Waals surface area contributed by atoms with Gasteiger partial charge in [0.2, 0.25) is 0 Å². The van der Waals surface area contributed by atoms with E-state index in [-0.39, 0.29) is 12.6 Å². The average Bonchev–Trinajstić information content (AvgIpc) is 2.54. The SMILES string of the molecule is O=C(CC1CCCC1)OCCS(=O)(=O)O. The molecule has 0 aromatic carbocycles. The van der Waals surface area contributed by atoms with Gasteiger partial charge in [0.25, 0.3) is 10.1 Å². The van der Waals surface area contributed by atoms with Gasteiger partial charge in [-0.1, -0.05) is 12.8 Å². The molecule has 1 N–H and O–H groups in total. The highest BCUT2D eigenvalue weighted by Gasteiger charge is 2.19. The zero-order valence-corrected chi connectivity index (χ0v) is 9.33. The first kappa shape index (κ1) is 12.4. The molecule has 15 heavy (non-hydrogen) atoms. The molecule has 0 spiro atoms. The van der Waals surface area contributed by atoms with Crippen molar-refractivity contribution in [3.63, 3.8) is 0 Å². The van der Waals surface area contributed by atoms with E-state index in [4.69, 9.17) is 9.29 Å². The molecule has 6 heteroatoms. The van der Waals surface area contributed by atoms with Crippen LogP contribution in [0.5, 0.6) is 0 Å². The standard InChI is InChI=1S/C9H16O5S/c10-9(7-8-3-1-2-4-8)14-5-6-15(11,12)13/h8H,1-7H2,(H,11,12,13). The van der Waals surface area contributed by atoms with Gasteiger partial charge in [-0.2, -0.15) is 8.42 Å². The second kappa shape index (κ2) is 5.46. The zero-order valence-electron chi connectivity index (χ0n) is 8.52. The molecule has 0 atom stereocenters. The number of hydrogen-bond donors (Lipinski definition) is 1. The second-order valence-electron chi connectivity index (χ2n) is 3.86. The van der Waals surface area contributed by atoms with Crippen LogP contribution in [0.4, 0.5) is 0 Å². The molecule has 0 radical (unpaired) electrons. The third kappa shape index (κ3) is 5.74. The molecule has 1 rings (SSSR count). The molecular weight excluding hydrogens is 220 g/mol. The summed E-state index contributed by atoms with van der Waals surface area (Å²) < 4.78 is 33.7. The van der Waals surface area contributed by atoms with E-state index in [0.29, 0.717) is 12.3 Å². The molecule has 0 aliphatic heterocycles. The smallest absolute Gasteiger partial charge is 0.306 e. The fourth-order valence-corrected chi connectivity index (χ4v) is 2.06. The lowest BCUT2D eigenvalue weighted by atomic mass is 10.1. The summed E-state index contributed by atoms with van der Waals surface area (Å²) in [7, 11) is -4.02. The summed E-state index contributed by atoms with van der Waals surface area (Å²) >= 11 is 0. The minimum Gasteiger partial charge on any atom is -0.464 e. The monoisotopic (exact) mass is 236 g/mol. The minimum absolute atomic E-state index is 0.260. The Balaban J connectivity index is 2.13. The highest BCUT2D eigenvalue weighted by atomic mass is 32.2. The summed E-state index contributed by atoms with van der Waals surface area (Å²) in [5.41, 5.74) is 0. The predicted octanol–water partition coefficient (Wildman–Crippen LogP) is 0.998. The van der Waals surface area contributed by atoms with Crippen LogP contribution in [0.15, 0.2) is 0 Å². The van der Waals surface area contributed by atoms with Crippen molar-refractivity contribution in [2.75, 3.05) is 12.4 Å². The van der Waals surface area contributed by atoms with E-state index in [1.54, 1.807) is 0 Å². The molecule has 0 amide bonds. The Morgan fingerprint density at radius 2 is 1.93 bits per heavy atom. The lowest BCUT2D eigenvalue weighted by Crippen LogP contribution is -2.16. The summed E-state index contributed by atoms with van der Waals surface area (Å²) in [6, 6.07) is 0. The first-order valence-corrected chi connectivity index (χ1v) is 6.69. The van der Waals surface area contributed by atoms with Crippen molar-refractivity contribution in [1.82, 2.24) is 0 Å². The molecule has 0 saturated heterocycles. The molecule has 5 nitrogen and oxygen atoms in total. The Morgan fingerprint density at radius 3 is 2.47 bits per heavy atom. The number of ether oxygens (including phenoxy) is 1. The van der Waals surface area contributed by atoms with Crippen molar-refractivity contribution in [3.05, 3.63) is 0 Å². The lowest BCUT2D eigenvalue weighted by molar-refractivity contribution is -0.144. The summed E-state index contributed by atoms with van der Waals surface area (Å²) in [6.07, 6.45) is 4.78. The van der Waals surface area contributed by atoms with Gasteiger partial charge >= 0.3 is 5.97 Å². The van der Waals surface area contributed by atoms with Crippen LogP contribution in [0.3, 0.4) is 0 Å². The van der Waals surface area contributed by atoms with Gasteiger partial charge in [0, 0.05) is 6.42 Å². The highest BCUT2D eigenvalue weighted by molar-refractivity contribution is 7.85. The fourth-order valence-electron chi connectivity index (χ4n) is 1.77. The van der Waals surface area contributed by atoms with Crippen LogP contribution >= 0.6 is 0 Å². The largest absolute Gasteiger partial charge is 0.464 e. The van der Waals surface area contributed by atoms with E-state index in [2.05, 4.69) is 0 Å². The van der Waals surface area contributed by atoms with Crippen LogP contribution in [0, 0.1) is 5.92 Å². The van der Waals surface area contributed by atoms with E-state index < -0.39 is 15.9 Å². The van der Waals surface area contributed by atoms with Crippen LogP contribution in [0.25, 0.3) is 0 Å². The van der Waals surface area contributed by atoms with Crippen LogP contribution in [0.1, 0.15) is 32.1 Å². The van der Waals surface area contributed by atoms with E-state index in [9.17, 15) is 13.2 Å². The van der Waals surface area contributed by atoms with E-state index in [1.807, 2.05) is 0 Å². The van der Waals surface area contributed by atoms with Crippen LogP contribution in [0.2, 0.25) is 0 Å². The quantitative estimate of drug-likeness (QED) is 0.569. The molecule has 1 aliphatic rings. The number of carbonyl (C=O) groups is 1. The van der Waals surface area contributed by atoms with Crippen molar-refractivity contribution in [2.45, 2.75) is 32.1 Å².